The van der Waals surface area contributed by atoms with Gasteiger partial charge in [0.05, 0.1) is 16.1 Å². The number of benzene rings is 3. The highest BCUT2D eigenvalue weighted by atomic mass is 32.2. The van der Waals surface area contributed by atoms with E-state index in [1.807, 2.05) is 30.3 Å². The summed E-state index contributed by atoms with van der Waals surface area (Å²) in [7, 11) is -3.47. The molecule has 27 heavy (non-hydrogen) atoms. The van der Waals surface area contributed by atoms with Gasteiger partial charge in [0.1, 0.15) is 0 Å². The van der Waals surface area contributed by atoms with Gasteiger partial charge in [-0.05, 0) is 36.4 Å². The molecular formula is C19H19N3O4S. The molecule has 0 aromatic heterocycles. The molecule has 0 aliphatic rings. The van der Waals surface area contributed by atoms with Crippen LogP contribution in [0.1, 0.15) is 10.4 Å². The Bertz CT molecular complexity index is 978. The van der Waals surface area contributed by atoms with Gasteiger partial charge in [0.2, 0.25) is 0 Å². The minimum Gasteiger partial charge on any atom is -0.478 e. The summed E-state index contributed by atoms with van der Waals surface area (Å²) in [6.45, 7) is 0. The van der Waals surface area contributed by atoms with Crippen LogP contribution in [0.15, 0.2) is 89.8 Å². The number of hydrazine groups is 1. The summed E-state index contributed by atoms with van der Waals surface area (Å²) in [6.07, 6.45) is 0. The van der Waals surface area contributed by atoms with E-state index in [9.17, 15) is 13.2 Å². The average molecular weight is 385 g/mol. The second-order valence-corrected chi connectivity index (χ2v) is 6.99. The molecular weight excluding hydrogens is 366 g/mol. The number of aromatic carboxylic acids is 1. The standard InChI is InChI=1S/C13H11NO2.C6H8N2O2S/c15-13(16)11-8-4-5-9-12(11)14-10-6-2-1-3-7-10;7-8-11(9,10)6-4-2-1-3-5-6/h1-9,14H,(H,15,16);1-5,8H,7H2. The Morgan fingerprint density at radius 3 is 1.89 bits per heavy atom. The zero-order valence-electron chi connectivity index (χ0n) is 14.2. The van der Waals surface area contributed by atoms with E-state index >= 15 is 0 Å². The molecule has 3 aromatic carbocycles. The van der Waals surface area contributed by atoms with E-state index in [1.165, 1.54) is 12.1 Å². The first-order valence-electron chi connectivity index (χ1n) is 7.86. The highest BCUT2D eigenvalue weighted by molar-refractivity contribution is 7.89. The number of carbonyl (C=O) groups is 1. The second kappa shape index (κ2) is 9.48. The van der Waals surface area contributed by atoms with E-state index in [4.69, 9.17) is 10.9 Å². The Labute approximate surface area is 157 Å². The summed E-state index contributed by atoms with van der Waals surface area (Å²) >= 11 is 0. The molecule has 140 valence electrons. The van der Waals surface area contributed by atoms with Crippen molar-refractivity contribution in [3.63, 3.8) is 0 Å². The fourth-order valence-electron chi connectivity index (χ4n) is 2.12. The summed E-state index contributed by atoms with van der Waals surface area (Å²) in [4.78, 5) is 12.9. The molecule has 0 bridgehead atoms. The van der Waals surface area contributed by atoms with Crippen molar-refractivity contribution in [2.24, 2.45) is 5.84 Å². The molecule has 0 aliphatic heterocycles. The van der Waals surface area contributed by atoms with Crippen LogP contribution in [-0.4, -0.2) is 19.5 Å². The number of carboxylic acid groups (broad SMARTS) is 1. The van der Waals surface area contributed by atoms with Crippen molar-refractivity contribution in [3.05, 3.63) is 90.5 Å². The third kappa shape index (κ3) is 5.93. The Morgan fingerprint density at radius 1 is 0.815 bits per heavy atom. The number of nitrogens with one attached hydrogen (secondary N) is 2. The summed E-state index contributed by atoms with van der Waals surface area (Å²) in [5.74, 6) is 3.87. The van der Waals surface area contributed by atoms with Crippen LogP contribution in [0.25, 0.3) is 0 Å². The van der Waals surface area contributed by atoms with Crippen LogP contribution in [0.5, 0.6) is 0 Å². The largest absolute Gasteiger partial charge is 0.478 e. The predicted molar refractivity (Wildman–Crippen MR) is 104 cm³/mol. The Hall–Kier alpha value is -3.20. The number of nitrogens with two attached hydrogens (primary N) is 1. The molecule has 0 atom stereocenters. The van der Waals surface area contributed by atoms with Crippen LogP contribution in [0, 0.1) is 0 Å². The van der Waals surface area contributed by atoms with Gasteiger partial charge in [0.25, 0.3) is 10.0 Å². The molecule has 0 saturated carbocycles. The molecule has 0 radical (unpaired) electrons. The Kier molecular flexibility index (Phi) is 7.07. The Balaban J connectivity index is 0.000000208. The molecule has 0 amide bonds. The minimum atomic E-state index is -3.47. The molecule has 8 heteroatoms. The van der Waals surface area contributed by atoms with Gasteiger partial charge in [0.15, 0.2) is 0 Å². The van der Waals surface area contributed by atoms with Gasteiger partial charge >= 0.3 is 5.97 Å². The van der Waals surface area contributed by atoms with Crippen molar-refractivity contribution in [2.45, 2.75) is 4.90 Å². The maximum Gasteiger partial charge on any atom is 0.337 e. The number of rotatable bonds is 5. The van der Waals surface area contributed by atoms with Crippen LogP contribution in [0.3, 0.4) is 0 Å². The van der Waals surface area contributed by atoms with Crippen LogP contribution < -0.4 is 16.0 Å². The van der Waals surface area contributed by atoms with Gasteiger partial charge in [0, 0.05) is 5.69 Å². The summed E-state index contributed by atoms with van der Waals surface area (Å²) in [5.41, 5.74) is 1.74. The predicted octanol–water partition coefficient (Wildman–Crippen LogP) is 2.97. The zero-order valence-corrected chi connectivity index (χ0v) is 15.1. The van der Waals surface area contributed by atoms with Gasteiger partial charge in [-0.3, -0.25) is 5.84 Å². The maximum atomic E-state index is 11.0. The fraction of sp³-hybridized carbons (Fsp3) is 0. The third-order valence-electron chi connectivity index (χ3n) is 3.42. The lowest BCUT2D eigenvalue weighted by atomic mass is 10.1. The smallest absolute Gasteiger partial charge is 0.337 e. The van der Waals surface area contributed by atoms with E-state index in [0.29, 0.717) is 5.69 Å². The summed E-state index contributed by atoms with van der Waals surface area (Å²) in [5, 5.41) is 12.1. The van der Waals surface area contributed by atoms with Gasteiger partial charge < -0.3 is 10.4 Å². The molecule has 0 fully saturated rings. The van der Waals surface area contributed by atoms with E-state index in [0.717, 1.165) is 5.69 Å². The van der Waals surface area contributed by atoms with Crippen LogP contribution in [0.4, 0.5) is 11.4 Å². The molecule has 0 unspecified atom stereocenters. The fourth-order valence-corrected chi connectivity index (χ4v) is 2.77. The number of hydrogen-bond donors (Lipinski definition) is 4. The molecule has 0 heterocycles. The third-order valence-corrected chi connectivity index (χ3v) is 4.62. The van der Waals surface area contributed by atoms with Crippen molar-refractivity contribution < 1.29 is 18.3 Å². The van der Waals surface area contributed by atoms with Gasteiger partial charge in [-0.2, -0.15) is 4.83 Å². The van der Waals surface area contributed by atoms with E-state index in [1.54, 1.807) is 47.3 Å². The summed E-state index contributed by atoms with van der Waals surface area (Å²) < 4.78 is 21.9. The van der Waals surface area contributed by atoms with Crippen LogP contribution in [0.2, 0.25) is 0 Å². The second-order valence-electron chi connectivity index (χ2n) is 5.28. The highest BCUT2D eigenvalue weighted by Crippen LogP contribution is 2.20. The van der Waals surface area contributed by atoms with E-state index < -0.39 is 16.0 Å². The van der Waals surface area contributed by atoms with Crippen molar-refractivity contribution in [1.29, 1.82) is 0 Å². The van der Waals surface area contributed by atoms with Gasteiger partial charge in [-0.25, -0.2) is 13.2 Å². The molecule has 3 rings (SSSR count). The van der Waals surface area contributed by atoms with Gasteiger partial charge in [-0.15, -0.1) is 0 Å². The Morgan fingerprint density at radius 2 is 1.33 bits per heavy atom. The SMILES string of the molecule is NNS(=O)(=O)c1ccccc1.O=C(O)c1ccccc1Nc1ccccc1. The first-order valence-corrected chi connectivity index (χ1v) is 9.34. The minimum absolute atomic E-state index is 0.169. The molecule has 7 nitrogen and oxygen atoms in total. The normalized spacial score (nSPS) is 10.4. The quantitative estimate of drug-likeness (QED) is 0.396. The van der Waals surface area contributed by atoms with Crippen molar-refractivity contribution >= 4 is 27.4 Å². The van der Waals surface area contributed by atoms with Crippen LogP contribution in [-0.2, 0) is 10.0 Å². The molecule has 0 saturated heterocycles. The number of anilines is 2. The number of para-hydroxylation sites is 2. The monoisotopic (exact) mass is 385 g/mol. The number of hydrogen-bond acceptors (Lipinski definition) is 5. The summed E-state index contributed by atoms with van der Waals surface area (Å²) in [6, 6.07) is 24.2. The molecule has 0 spiro atoms. The van der Waals surface area contributed by atoms with Crippen molar-refractivity contribution in [3.8, 4) is 0 Å². The van der Waals surface area contributed by atoms with Gasteiger partial charge in [-0.1, -0.05) is 48.5 Å². The molecule has 3 aromatic rings. The van der Waals surface area contributed by atoms with E-state index in [2.05, 4.69) is 5.32 Å². The topological polar surface area (TPSA) is 122 Å². The number of carboxylic acids is 1. The zero-order chi connectivity index (χ0) is 19.7. The first-order chi connectivity index (χ1) is 12.9. The van der Waals surface area contributed by atoms with Crippen molar-refractivity contribution in [2.75, 3.05) is 5.32 Å². The average Bonchev–Trinajstić information content (AvgIpc) is 2.70. The van der Waals surface area contributed by atoms with Crippen LogP contribution >= 0.6 is 0 Å². The number of sulfonamides is 1. The lowest BCUT2D eigenvalue weighted by Crippen LogP contribution is -2.30. The van der Waals surface area contributed by atoms with Crippen molar-refractivity contribution in [1.82, 2.24) is 4.83 Å². The lowest BCUT2D eigenvalue weighted by Gasteiger charge is -2.08. The molecule has 0 aliphatic carbocycles. The molecule has 5 N–H and O–H groups in total. The lowest BCUT2D eigenvalue weighted by molar-refractivity contribution is 0.0698. The van der Waals surface area contributed by atoms with E-state index in [-0.39, 0.29) is 10.5 Å². The highest BCUT2D eigenvalue weighted by Gasteiger charge is 2.09. The first kappa shape index (κ1) is 20.1. The maximum absolute atomic E-state index is 11.0.